The summed E-state index contributed by atoms with van der Waals surface area (Å²) in [5, 5.41) is 9.25. The topological polar surface area (TPSA) is 63.3 Å². The minimum absolute atomic E-state index is 0.0833. The van der Waals surface area contributed by atoms with E-state index in [-0.39, 0.29) is 22.2 Å². The van der Waals surface area contributed by atoms with Crippen molar-refractivity contribution in [1.29, 1.82) is 0 Å². The van der Waals surface area contributed by atoms with Gasteiger partial charge in [-0.05, 0) is 19.1 Å². The molecule has 0 saturated heterocycles. The maximum atomic E-state index is 10.9. The van der Waals surface area contributed by atoms with E-state index >= 15 is 0 Å². The van der Waals surface area contributed by atoms with Crippen LogP contribution in [0.1, 0.15) is 17.3 Å². The Morgan fingerprint density at radius 1 is 1.58 bits per heavy atom. The van der Waals surface area contributed by atoms with E-state index in [0.29, 0.717) is 5.56 Å². The third kappa shape index (κ3) is 1.51. The van der Waals surface area contributed by atoms with Crippen LogP contribution >= 0.6 is 11.6 Å². The first-order chi connectivity index (χ1) is 5.52. The highest BCUT2D eigenvalue weighted by Gasteiger charge is 2.07. The molecule has 0 aliphatic carbocycles. The maximum Gasteiger partial charge on any atom is 0.160 e. The Bertz CT molecular complexity index is 313. The Morgan fingerprint density at radius 3 is 2.58 bits per heavy atom. The first-order valence-electron chi connectivity index (χ1n) is 3.31. The number of Topliss-reactive ketones (excluding diaryl/α,β-unsaturated/α-hetero) is 1. The van der Waals surface area contributed by atoms with Crippen molar-refractivity contribution in [3.05, 3.63) is 22.7 Å². The van der Waals surface area contributed by atoms with Gasteiger partial charge in [0.2, 0.25) is 0 Å². The first kappa shape index (κ1) is 8.87. The standard InChI is InChI=1S/C8H8ClNO2/c1-4(11)5-2-6(10)8(9)7(12)3-5/h2-3,12H,10H2,1H3. The third-order valence-electron chi connectivity index (χ3n) is 1.49. The van der Waals surface area contributed by atoms with Gasteiger partial charge in [-0.2, -0.15) is 0 Å². The van der Waals surface area contributed by atoms with Crippen molar-refractivity contribution in [3.63, 3.8) is 0 Å². The molecule has 0 aliphatic rings. The average Bonchev–Trinajstić information content (AvgIpc) is 1.99. The molecule has 0 heterocycles. The van der Waals surface area contributed by atoms with Gasteiger partial charge in [-0.1, -0.05) is 11.6 Å². The number of carbonyl (C=O) groups excluding carboxylic acids is 1. The number of nitrogen functional groups attached to an aromatic ring is 1. The molecule has 12 heavy (non-hydrogen) atoms. The molecule has 0 atom stereocenters. The molecule has 0 aliphatic heterocycles. The van der Waals surface area contributed by atoms with Gasteiger partial charge in [-0.25, -0.2) is 0 Å². The number of halogens is 1. The van der Waals surface area contributed by atoms with Crippen molar-refractivity contribution < 1.29 is 9.90 Å². The number of rotatable bonds is 1. The predicted molar refractivity (Wildman–Crippen MR) is 47.5 cm³/mol. The maximum absolute atomic E-state index is 10.9. The van der Waals surface area contributed by atoms with Crippen LogP contribution in [0.3, 0.4) is 0 Å². The van der Waals surface area contributed by atoms with Crippen LogP contribution in [-0.2, 0) is 0 Å². The van der Waals surface area contributed by atoms with Crippen molar-refractivity contribution >= 4 is 23.1 Å². The van der Waals surface area contributed by atoms with E-state index < -0.39 is 0 Å². The van der Waals surface area contributed by atoms with E-state index in [9.17, 15) is 4.79 Å². The molecule has 0 fully saturated rings. The summed E-state index contributed by atoms with van der Waals surface area (Å²) in [6.07, 6.45) is 0. The molecule has 3 N–H and O–H groups in total. The highest BCUT2D eigenvalue weighted by atomic mass is 35.5. The van der Waals surface area contributed by atoms with Crippen LogP contribution in [0, 0.1) is 0 Å². The Balaban J connectivity index is 3.31. The van der Waals surface area contributed by atoms with Crippen molar-refractivity contribution in [2.45, 2.75) is 6.92 Å². The Morgan fingerprint density at radius 2 is 2.17 bits per heavy atom. The van der Waals surface area contributed by atoms with E-state index in [2.05, 4.69) is 0 Å². The zero-order valence-electron chi connectivity index (χ0n) is 6.47. The number of carbonyl (C=O) groups is 1. The van der Waals surface area contributed by atoms with Gasteiger partial charge in [0.05, 0.1) is 5.69 Å². The minimum atomic E-state index is -0.165. The lowest BCUT2D eigenvalue weighted by Crippen LogP contribution is -1.95. The summed E-state index contributed by atoms with van der Waals surface area (Å²) < 4.78 is 0. The lowest BCUT2D eigenvalue weighted by Gasteiger charge is -2.02. The summed E-state index contributed by atoms with van der Waals surface area (Å²) in [5.74, 6) is -0.324. The molecule has 1 rings (SSSR count). The average molecular weight is 186 g/mol. The lowest BCUT2D eigenvalue weighted by molar-refractivity contribution is 0.101. The number of hydrogen-bond donors (Lipinski definition) is 2. The van der Waals surface area contributed by atoms with Crippen LogP contribution in [0.25, 0.3) is 0 Å². The molecular weight excluding hydrogens is 178 g/mol. The van der Waals surface area contributed by atoms with Crippen molar-refractivity contribution in [2.24, 2.45) is 0 Å². The molecule has 1 aromatic rings. The number of aromatic hydroxyl groups is 1. The second-order valence-corrected chi connectivity index (χ2v) is 2.83. The summed E-state index contributed by atoms with van der Waals surface area (Å²) in [5.41, 5.74) is 5.98. The summed E-state index contributed by atoms with van der Waals surface area (Å²) in [6, 6.07) is 2.73. The van der Waals surface area contributed by atoms with Gasteiger partial charge in [-0.15, -0.1) is 0 Å². The number of phenolic OH excluding ortho intramolecular Hbond substituents is 1. The molecule has 4 heteroatoms. The summed E-state index contributed by atoms with van der Waals surface area (Å²) in [7, 11) is 0. The van der Waals surface area contributed by atoms with Crippen molar-refractivity contribution in [2.75, 3.05) is 5.73 Å². The van der Waals surface area contributed by atoms with Gasteiger partial charge in [0.15, 0.2) is 5.78 Å². The quantitative estimate of drug-likeness (QED) is 0.518. The number of nitrogens with two attached hydrogens (primary N) is 1. The van der Waals surface area contributed by atoms with Crippen molar-refractivity contribution in [1.82, 2.24) is 0 Å². The summed E-state index contributed by atoms with van der Waals surface area (Å²) in [4.78, 5) is 10.9. The zero-order valence-corrected chi connectivity index (χ0v) is 7.22. The molecule has 3 nitrogen and oxygen atoms in total. The molecule has 0 radical (unpaired) electrons. The van der Waals surface area contributed by atoms with Gasteiger partial charge in [0.1, 0.15) is 10.8 Å². The van der Waals surface area contributed by atoms with Crippen LogP contribution in [0.4, 0.5) is 5.69 Å². The highest BCUT2D eigenvalue weighted by Crippen LogP contribution is 2.30. The highest BCUT2D eigenvalue weighted by molar-refractivity contribution is 6.34. The van der Waals surface area contributed by atoms with Crippen LogP contribution in [-0.4, -0.2) is 10.9 Å². The molecule has 1 aromatic carbocycles. The van der Waals surface area contributed by atoms with Crippen molar-refractivity contribution in [3.8, 4) is 5.75 Å². The second kappa shape index (κ2) is 3.03. The van der Waals surface area contributed by atoms with E-state index in [1.54, 1.807) is 0 Å². The molecule has 0 amide bonds. The second-order valence-electron chi connectivity index (χ2n) is 2.45. The number of benzene rings is 1. The summed E-state index contributed by atoms with van der Waals surface area (Å²) >= 11 is 5.57. The van der Waals surface area contributed by atoms with E-state index in [1.807, 2.05) is 0 Å². The molecular formula is C8H8ClNO2. The lowest BCUT2D eigenvalue weighted by atomic mass is 10.1. The van der Waals surface area contributed by atoms with Gasteiger partial charge < -0.3 is 10.8 Å². The molecule has 0 unspecified atom stereocenters. The largest absolute Gasteiger partial charge is 0.506 e. The van der Waals surface area contributed by atoms with Crippen LogP contribution < -0.4 is 5.73 Å². The molecule has 0 saturated carbocycles. The Kier molecular flexibility index (Phi) is 2.24. The fourth-order valence-electron chi connectivity index (χ4n) is 0.834. The SMILES string of the molecule is CC(=O)c1cc(N)c(Cl)c(O)c1. The van der Waals surface area contributed by atoms with Gasteiger partial charge in [-0.3, -0.25) is 4.79 Å². The molecule has 0 aromatic heterocycles. The van der Waals surface area contributed by atoms with E-state index in [1.165, 1.54) is 19.1 Å². The normalized spacial score (nSPS) is 9.83. The molecule has 0 bridgehead atoms. The van der Waals surface area contributed by atoms with Gasteiger partial charge in [0.25, 0.3) is 0 Å². The number of ketones is 1. The van der Waals surface area contributed by atoms with Gasteiger partial charge in [0, 0.05) is 5.56 Å². The monoisotopic (exact) mass is 185 g/mol. The predicted octanol–water partition coefficient (Wildman–Crippen LogP) is 1.83. The number of anilines is 1. The van der Waals surface area contributed by atoms with E-state index in [4.69, 9.17) is 22.4 Å². The van der Waals surface area contributed by atoms with Gasteiger partial charge >= 0.3 is 0 Å². The number of hydrogen-bond acceptors (Lipinski definition) is 3. The smallest absolute Gasteiger partial charge is 0.160 e. The number of phenols is 1. The van der Waals surface area contributed by atoms with Crippen LogP contribution in [0.2, 0.25) is 5.02 Å². The van der Waals surface area contributed by atoms with E-state index in [0.717, 1.165) is 0 Å². The fourth-order valence-corrected chi connectivity index (χ4v) is 0.943. The Labute approximate surface area is 74.8 Å². The molecule has 0 spiro atoms. The van der Waals surface area contributed by atoms with Crippen LogP contribution in [0.5, 0.6) is 5.75 Å². The first-order valence-corrected chi connectivity index (χ1v) is 3.69. The van der Waals surface area contributed by atoms with Crippen LogP contribution in [0.15, 0.2) is 12.1 Å². The minimum Gasteiger partial charge on any atom is -0.506 e. The third-order valence-corrected chi connectivity index (χ3v) is 1.90. The zero-order chi connectivity index (χ0) is 9.30. The molecule has 64 valence electrons. The Hall–Kier alpha value is -1.22. The summed E-state index contributed by atoms with van der Waals surface area (Å²) in [6.45, 7) is 1.39. The fraction of sp³-hybridized carbons (Fsp3) is 0.125.